The third-order valence-corrected chi connectivity index (χ3v) is 3.25. The van der Waals surface area contributed by atoms with Gasteiger partial charge in [0, 0.05) is 20.1 Å². The number of pyridine rings is 1. The summed E-state index contributed by atoms with van der Waals surface area (Å²) < 4.78 is 13.1. The Morgan fingerprint density at radius 2 is 2.21 bits per heavy atom. The van der Waals surface area contributed by atoms with Crippen LogP contribution in [0.4, 0.5) is 10.2 Å². The van der Waals surface area contributed by atoms with Crippen molar-refractivity contribution < 1.29 is 9.18 Å². The number of amides is 1. The predicted octanol–water partition coefficient (Wildman–Crippen LogP) is 1.09. The summed E-state index contributed by atoms with van der Waals surface area (Å²) in [6.07, 6.45) is 3.55. The Kier molecular flexibility index (Phi) is 4.68. The second-order valence-corrected chi connectivity index (χ2v) is 4.60. The Bertz CT molecular complexity index is 446. The smallest absolute Gasteiger partial charge is 0.255 e. The summed E-state index contributed by atoms with van der Waals surface area (Å²) in [5, 5.41) is 5.59. The van der Waals surface area contributed by atoms with Crippen LogP contribution < -0.4 is 10.6 Å². The van der Waals surface area contributed by atoms with Crippen molar-refractivity contribution in [2.75, 3.05) is 38.5 Å². The fourth-order valence-electron chi connectivity index (χ4n) is 2.24. The number of aromatic nitrogens is 1. The van der Waals surface area contributed by atoms with Gasteiger partial charge in [0.25, 0.3) is 5.91 Å². The molecule has 19 heavy (non-hydrogen) atoms. The number of carbonyl (C=O) groups is 1. The zero-order valence-corrected chi connectivity index (χ0v) is 11.1. The number of hydrogen-bond acceptors (Lipinski definition) is 4. The molecule has 0 bridgehead atoms. The molecule has 1 aliphatic heterocycles. The summed E-state index contributed by atoms with van der Waals surface area (Å²) in [4.78, 5) is 18.1. The molecule has 0 aromatic carbocycles. The molecule has 1 aromatic heterocycles. The van der Waals surface area contributed by atoms with Crippen LogP contribution in [0.1, 0.15) is 23.2 Å². The average Bonchev–Trinajstić information content (AvgIpc) is 2.91. The number of hydrogen-bond donors (Lipinski definition) is 2. The molecule has 1 aromatic rings. The molecule has 104 valence electrons. The molecule has 1 aliphatic rings. The molecule has 5 nitrogen and oxygen atoms in total. The zero-order valence-electron chi connectivity index (χ0n) is 11.1. The van der Waals surface area contributed by atoms with Crippen molar-refractivity contribution in [2.24, 2.45) is 0 Å². The van der Waals surface area contributed by atoms with Gasteiger partial charge in [0.05, 0.1) is 11.8 Å². The molecule has 0 spiro atoms. The Balaban J connectivity index is 1.89. The first kappa shape index (κ1) is 13.7. The van der Waals surface area contributed by atoms with Gasteiger partial charge in [-0.15, -0.1) is 0 Å². The minimum Gasteiger partial charge on any atom is -0.372 e. The van der Waals surface area contributed by atoms with Gasteiger partial charge in [-0.25, -0.2) is 9.37 Å². The molecule has 1 amide bonds. The number of nitrogens with one attached hydrogen (secondary N) is 2. The fraction of sp³-hybridized carbons (Fsp3) is 0.538. The number of nitrogens with zero attached hydrogens (tertiary/aromatic N) is 2. The van der Waals surface area contributed by atoms with Crippen molar-refractivity contribution >= 4 is 11.7 Å². The van der Waals surface area contributed by atoms with E-state index in [1.165, 1.54) is 18.9 Å². The van der Waals surface area contributed by atoms with Gasteiger partial charge in [0.15, 0.2) is 0 Å². The minimum atomic E-state index is -0.510. The Labute approximate surface area is 112 Å². The van der Waals surface area contributed by atoms with Gasteiger partial charge in [0.1, 0.15) is 11.6 Å². The van der Waals surface area contributed by atoms with Crippen LogP contribution in [0.5, 0.6) is 0 Å². The van der Waals surface area contributed by atoms with Crippen molar-refractivity contribution in [3.63, 3.8) is 0 Å². The molecule has 0 radical (unpaired) electrons. The van der Waals surface area contributed by atoms with Crippen LogP contribution in [-0.4, -0.2) is 49.0 Å². The lowest BCUT2D eigenvalue weighted by atomic mass is 10.2. The maximum Gasteiger partial charge on any atom is 0.255 e. The maximum atomic E-state index is 13.1. The van der Waals surface area contributed by atoms with Gasteiger partial charge >= 0.3 is 0 Å². The third kappa shape index (κ3) is 3.64. The normalized spacial score (nSPS) is 15.5. The van der Waals surface area contributed by atoms with Crippen LogP contribution in [0.2, 0.25) is 0 Å². The minimum absolute atomic E-state index is 0.240. The molecule has 0 unspecified atom stereocenters. The van der Waals surface area contributed by atoms with Crippen LogP contribution in [0, 0.1) is 5.82 Å². The van der Waals surface area contributed by atoms with Crippen molar-refractivity contribution in [1.82, 2.24) is 15.2 Å². The molecule has 0 aliphatic carbocycles. The summed E-state index contributed by atoms with van der Waals surface area (Å²) in [6.45, 7) is 3.60. The first-order valence-electron chi connectivity index (χ1n) is 6.54. The SMILES string of the molecule is CNc1ncc(F)cc1C(=O)NCCN1CCCC1. The van der Waals surface area contributed by atoms with E-state index in [9.17, 15) is 9.18 Å². The van der Waals surface area contributed by atoms with Crippen LogP contribution >= 0.6 is 0 Å². The van der Waals surface area contributed by atoms with Gasteiger partial charge < -0.3 is 15.5 Å². The lowest BCUT2D eigenvalue weighted by Gasteiger charge is -2.15. The molecular weight excluding hydrogens is 247 g/mol. The van der Waals surface area contributed by atoms with Gasteiger partial charge in [-0.05, 0) is 32.0 Å². The lowest BCUT2D eigenvalue weighted by Crippen LogP contribution is -2.33. The maximum absolute atomic E-state index is 13.1. The zero-order chi connectivity index (χ0) is 13.7. The van der Waals surface area contributed by atoms with Crippen molar-refractivity contribution in [2.45, 2.75) is 12.8 Å². The monoisotopic (exact) mass is 266 g/mol. The molecule has 2 N–H and O–H groups in total. The molecular formula is C13H19FN4O. The molecule has 0 saturated carbocycles. The number of carbonyl (C=O) groups excluding carboxylic acids is 1. The average molecular weight is 266 g/mol. The molecule has 6 heteroatoms. The molecule has 1 fully saturated rings. The fourth-order valence-corrected chi connectivity index (χ4v) is 2.24. The van der Waals surface area contributed by atoms with Crippen LogP contribution in [0.25, 0.3) is 0 Å². The van der Waals surface area contributed by atoms with E-state index >= 15 is 0 Å². The lowest BCUT2D eigenvalue weighted by molar-refractivity contribution is 0.0950. The largest absolute Gasteiger partial charge is 0.372 e. The summed E-state index contributed by atoms with van der Waals surface area (Å²) in [7, 11) is 1.65. The Hall–Kier alpha value is -1.69. The van der Waals surface area contributed by atoms with E-state index in [1.807, 2.05) is 0 Å². The topological polar surface area (TPSA) is 57.3 Å². The number of halogens is 1. The highest BCUT2D eigenvalue weighted by Gasteiger charge is 2.14. The van der Waals surface area contributed by atoms with Gasteiger partial charge in [-0.2, -0.15) is 0 Å². The van der Waals surface area contributed by atoms with E-state index in [-0.39, 0.29) is 11.5 Å². The van der Waals surface area contributed by atoms with Crippen LogP contribution in [0.15, 0.2) is 12.3 Å². The number of rotatable bonds is 5. The van der Waals surface area contributed by atoms with Crippen molar-refractivity contribution in [3.8, 4) is 0 Å². The Morgan fingerprint density at radius 3 is 2.89 bits per heavy atom. The molecule has 2 rings (SSSR count). The number of likely N-dealkylation sites (tertiary alicyclic amines) is 1. The van der Waals surface area contributed by atoms with E-state index in [1.54, 1.807) is 7.05 Å². The quantitative estimate of drug-likeness (QED) is 0.837. The molecule has 1 saturated heterocycles. The summed E-state index contributed by atoms with van der Waals surface area (Å²) in [5.74, 6) is -0.417. The van der Waals surface area contributed by atoms with E-state index in [0.717, 1.165) is 25.8 Å². The first-order valence-corrected chi connectivity index (χ1v) is 6.54. The summed E-state index contributed by atoms with van der Waals surface area (Å²) in [5.41, 5.74) is 0.240. The summed E-state index contributed by atoms with van der Waals surface area (Å²) in [6, 6.07) is 1.20. The van der Waals surface area contributed by atoms with E-state index in [2.05, 4.69) is 20.5 Å². The third-order valence-electron chi connectivity index (χ3n) is 3.25. The van der Waals surface area contributed by atoms with Crippen molar-refractivity contribution in [3.05, 3.63) is 23.6 Å². The van der Waals surface area contributed by atoms with Gasteiger partial charge in [-0.1, -0.05) is 0 Å². The highest BCUT2D eigenvalue weighted by atomic mass is 19.1. The van der Waals surface area contributed by atoms with Crippen LogP contribution in [0.3, 0.4) is 0 Å². The second kappa shape index (κ2) is 6.47. The van der Waals surface area contributed by atoms with E-state index in [0.29, 0.717) is 12.4 Å². The van der Waals surface area contributed by atoms with Gasteiger partial charge in [0.2, 0.25) is 0 Å². The molecule has 0 atom stereocenters. The standard InChI is InChI=1S/C13H19FN4O/c1-15-12-11(8-10(14)9-17-12)13(19)16-4-7-18-5-2-3-6-18/h8-9H,2-7H2,1H3,(H,15,17)(H,16,19). The summed E-state index contributed by atoms with van der Waals surface area (Å²) >= 11 is 0. The Morgan fingerprint density at radius 1 is 1.47 bits per heavy atom. The number of anilines is 1. The predicted molar refractivity (Wildman–Crippen MR) is 71.7 cm³/mol. The highest BCUT2D eigenvalue weighted by Crippen LogP contribution is 2.12. The van der Waals surface area contributed by atoms with Gasteiger partial charge in [-0.3, -0.25) is 4.79 Å². The second-order valence-electron chi connectivity index (χ2n) is 4.60. The first-order chi connectivity index (χ1) is 9.20. The van der Waals surface area contributed by atoms with E-state index < -0.39 is 5.82 Å². The van der Waals surface area contributed by atoms with Crippen LogP contribution in [-0.2, 0) is 0 Å². The van der Waals surface area contributed by atoms with Crippen molar-refractivity contribution in [1.29, 1.82) is 0 Å². The highest BCUT2D eigenvalue weighted by molar-refractivity contribution is 5.98. The molecule has 2 heterocycles. The van der Waals surface area contributed by atoms with E-state index in [4.69, 9.17) is 0 Å².